The minimum atomic E-state index is -0.250. The molecule has 0 bridgehead atoms. The van der Waals surface area contributed by atoms with E-state index in [4.69, 9.17) is 14.6 Å². The number of hydrogen-bond acceptors (Lipinski definition) is 6. The van der Waals surface area contributed by atoms with Gasteiger partial charge in [-0.05, 0) is 50.1 Å². The molecule has 6 rings (SSSR count). The lowest BCUT2D eigenvalue weighted by atomic mass is 9.99. The quantitative estimate of drug-likeness (QED) is 0.310. The third-order valence-corrected chi connectivity index (χ3v) is 8.69. The number of amides is 2. The molecule has 1 aromatic heterocycles. The molecule has 3 heterocycles. The van der Waals surface area contributed by atoms with Gasteiger partial charge >= 0.3 is 0 Å². The van der Waals surface area contributed by atoms with Gasteiger partial charge < -0.3 is 14.8 Å². The number of hydrogen-bond donors (Lipinski definition) is 1. The summed E-state index contributed by atoms with van der Waals surface area (Å²) in [5, 5.41) is 7.92. The summed E-state index contributed by atoms with van der Waals surface area (Å²) in [5.41, 5.74) is 5.47. The van der Waals surface area contributed by atoms with Crippen LogP contribution in [0.15, 0.2) is 72.8 Å². The van der Waals surface area contributed by atoms with Gasteiger partial charge in [0.15, 0.2) is 11.5 Å². The minimum Gasteiger partial charge on any atom is -0.454 e. The second-order valence-electron chi connectivity index (χ2n) is 10.4. The lowest BCUT2D eigenvalue weighted by molar-refractivity contribution is -0.123. The van der Waals surface area contributed by atoms with E-state index in [0.717, 1.165) is 40.1 Å². The van der Waals surface area contributed by atoms with Crippen LogP contribution in [0.5, 0.6) is 11.5 Å². The summed E-state index contributed by atoms with van der Waals surface area (Å²) in [5.74, 6) is 1.83. The van der Waals surface area contributed by atoms with Crippen molar-refractivity contribution in [2.24, 2.45) is 0 Å². The first-order valence-electron chi connectivity index (χ1n) is 13.8. The highest BCUT2D eigenvalue weighted by Gasteiger charge is 2.38. The molecular weight excluding hydrogens is 536 g/mol. The Hall–Kier alpha value is -4.24. The van der Waals surface area contributed by atoms with Crippen molar-refractivity contribution in [3.63, 3.8) is 0 Å². The van der Waals surface area contributed by atoms with Crippen LogP contribution in [0.3, 0.4) is 0 Å². The molecule has 3 aromatic carbocycles. The fourth-order valence-corrected chi connectivity index (χ4v) is 6.29. The first-order chi connectivity index (χ1) is 19.9. The first kappa shape index (κ1) is 27.0. The Labute approximate surface area is 243 Å². The largest absolute Gasteiger partial charge is 0.454 e. The molecule has 0 radical (unpaired) electrons. The van der Waals surface area contributed by atoms with Gasteiger partial charge in [0.1, 0.15) is 12.4 Å². The average Bonchev–Trinajstić information content (AvgIpc) is 3.58. The van der Waals surface area contributed by atoms with Crippen molar-refractivity contribution in [2.45, 2.75) is 38.5 Å². The first-order valence-corrected chi connectivity index (χ1v) is 14.8. The number of aryl methyl sites for hydroxylation is 1. The molecule has 0 aliphatic carbocycles. The average molecular weight is 569 g/mol. The molecule has 210 valence electrons. The van der Waals surface area contributed by atoms with Crippen molar-refractivity contribution in [1.82, 2.24) is 15.1 Å². The number of nitrogens with zero attached hydrogens (tertiary/aromatic N) is 3. The molecule has 0 fully saturated rings. The number of carbonyl (C=O) groups is 2. The van der Waals surface area contributed by atoms with Gasteiger partial charge in [0.25, 0.3) is 0 Å². The number of aromatic nitrogens is 2. The Morgan fingerprint density at radius 2 is 1.83 bits per heavy atom. The smallest absolute Gasteiger partial charge is 0.240 e. The van der Waals surface area contributed by atoms with E-state index in [1.54, 1.807) is 4.90 Å². The molecule has 1 N–H and O–H groups in total. The summed E-state index contributed by atoms with van der Waals surface area (Å²) >= 11 is 1.53. The number of thioether (sulfide) groups is 1. The molecule has 0 saturated carbocycles. The predicted molar refractivity (Wildman–Crippen MR) is 161 cm³/mol. The SMILES string of the molecule is CC[C@H](C)NC(=O)CN1C(=O)CS[C@H](c2ccc3c(c2)OCO3)c2c(-c3ccccc3)nn(-c3ccc(C)cc3)c21. The van der Waals surface area contributed by atoms with Crippen LogP contribution < -0.4 is 19.7 Å². The lowest BCUT2D eigenvalue weighted by Gasteiger charge is -2.24. The molecule has 0 spiro atoms. The second-order valence-corrected chi connectivity index (χ2v) is 11.5. The standard InChI is InChI=1S/C32H32N4O4S/c1-4-21(3)33-27(37)17-35-28(38)18-41-31(23-12-15-25-26(16-23)40-19-39-25)29-30(22-8-6-5-7-9-22)34-36(32(29)35)24-13-10-20(2)11-14-24/h5-16,21,31H,4,17-19H2,1-3H3,(H,33,37)/t21-,31+/m0/s1. The van der Waals surface area contributed by atoms with Gasteiger partial charge in [-0.15, -0.1) is 11.8 Å². The minimum absolute atomic E-state index is 0.00157. The summed E-state index contributed by atoms with van der Waals surface area (Å²) in [7, 11) is 0. The van der Waals surface area contributed by atoms with Crippen molar-refractivity contribution in [1.29, 1.82) is 0 Å². The van der Waals surface area contributed by atoms with Gasteiger partial charge in [-0.25, -0.2) is 4.68 Å². The number of ether oxygens (including phenoxy) is 2. The molecule has 0 saturated heterocycles. The van der Waals surface area contributed by atoms with Crippen molar-refractivity contribution >= 4 is 29.4 Å². The molecule has 8 nitrogen and oxygen atoms in total. The Bertz CT molecular complexity index is 1590. The van der Waals surface area contributed by atoms with E-state index in [1.165, 1.54) is 11.8 Å². The van der Waals surface area contributed by atoms with E-state index < -0.39 is 0 Å². The summed E-state index contributed by atoms with van der Waals surface area (Å²) in [6.07, 6.45) is 0.798. The van der Waals surface area contributed by atoms with Gasteiger partial charge in [0.05, 0.1) is 22.4 Å². The lowest BCUT2D eigenvalue weighted by Crippen LogP contribution is -2.44. The zero-order chi connectivity index (χ0) is 28.5. The maximum atomic E-state index is 13.9. The number of anilines is 1. The molecule has 9 heteroatoms. The Morgan fingerprint density at radius 3 is 2.59 bits per heavy atom. The van der Waals surface area contributed by atoms with Crippen LogP contribution in [0, 0.1) is 6.92 Å². The van der Waals surface area contributed by atoms with Crippen LogP contribution in [-0.4, -0.2) is 46.7 Å². The van der Waals surface area contributed by atoms with Crippen LogP contribution in [-0.2, 0) is 9.59 Å². The Kier molecular flexibility index (Phi) is 7.45. The van der Waals surface area contributed by atoms with E-state index in [0.29, 0.717) is 17.3 Å². The zero-order valence-electron chi connectivity index (χ0n) is 23.3. The Balaban J connectivity index is 1.58. The van der Waals surface area contributed by atoms with E-state index >= 15 is 0 Å². The van der Waals surface area contributed by atoms with Crippen LogP contribution in [0.25, 0.3) is 16.9 Å². The third-order valence-electron chi connectivity index (χ3n) is 7.44. The predicted octanol–water partition coefficient (Wildman–Crippen LogP) is 5.66. The fraction of sp³-hybridized carbons (Fsp3) is 0.281. The molecule has 2 amide bonds. The van der Waals surface area contributed by atoms with Crippen molar-refractivity contribution in [2.75, 3.05) is 24.0 Å². The van der Waals surface area contributed by atoms with Gasteiger partial charge in [0, 0.05) is 17.2 Å². The molecule has 41 heavy (non-hydrogen) atoms. The van der Waals surface area contributed by atoms with Crippen LogP contribution in [0.4, 0.5) is 5.82 Å². The third kappa shape index (κ3) is 5.29. The molecule has 4 aromatic rings. The number of carbonyl (C=O) groups excluding carboxylic acids is 2. The highest BCUT2D eigenvalue weighted by molar-refractivity contribution is 8.00. The number of rotatable bonds is 7. The van der Waals surface area contributed by atoms with Gasteiger partial charge in [-0.1, -0.05) is 61.0 Å². The van der Waals surface area contributed by atoms with Gasteiger partial charge in [-0.2, -0.15) is 5.10 Å². The number of benzene rings is 3. The molecular formula is C32H32N4O4S. The maximum absolute atomic E-state index is 13.9. The maximum Gasteiger partial charge on any atom is 0.240 e. The normalized spacial score (nSPS) is 16.7. The molecule has 2 aliphatic rings. The van der Waals surface area contributed by atoms with Crippen molar-refractivity contribution in [3.8, 4) is 28.4 Å². The van der Waals surface area contributed by atoms with Crippen LogP contribution in [0.2, 0.25) is 0 Å². The van der Waals surface area contributed by atoms with E-state index in [2.05, 4.69) is 5.32 Å². The van der Waals surface area contributed by atoms with E-state index in [9.17, 15) is 9.59 Å². The van der Waals surface area contributed by atoms with Gasteiger partial charge in [0.2, 0.25) is 18.6 Å². The summed E-state index contributed by atoms with van der Waals surface area (Å²) in [6, 6.07) is 23.9. The van der Waals surface area contributed by atoms with Gasteiger partial charge in [-0.3, -0.25) is 14.5 Å². The number of fused-ring (bicyclic) bond motifs is 2. The summed E-state index contributed by atoms with van der Waals surface area (Å²) < 4.78 is 13.1. The van der Waals surface area contributed by atoms with E-state index in [-0.39, 0.29) is 42.2 Å². The van der Waals surface area contributed by atoms with E-state index in [1.807, 2.05) is 98.2 Å². The zero-order valence-corrected chi connectivity index (χ0v) is 24.1. The monoisotopic (exact) mass is 568 g/mol. The second kappa shape index (κ2) is 11.3. The highest BCUT2D eigenvalue weighted by atomic mass is 32.2. The fourth-order valence-electron chi connectivity index (χ4n) is 5.10. The molecule has 0 unspecified atom stereocenters. The number of nitrogens with one attached hydrogen (secondary N) is 1. The Morgan fingerprint density at radius 1 is 1.07 bits per heavy atom. The van der Waals surface area contributed by atoms with Crippen LogP contribution >= 0.6 is 11.8 Å². The summed E-state index contributed by atoms with van der Waals surface area (Å²) in [6.45, 7) is 6.09. The van der Waals surface area contributed by atoms with Crippen molar-refractivity contribution < 1.29 is 19.1 Å². The topological polar surface area (TPSA) is 85.7 Å². The highest BCUT2D eigenvalue weighted by Crippen LogP contribution is 2.50. The van der Waals surface area contributed by atoms with Crippen molar-refractivity contribution in [3.05, 3.63) is 89.5 Å². The summed E-state index contributed by atoms with van der Waals surface area (Å²) in [4.78, 5) is 28.7. The molecule has 2 atom stereocenters. The molecule has 2 aliphatic heterocycles. The van der Waals surface area contributed by atoms with Crippen LogP contribution in [0.1, 0.15) is 42.2 Å².